The highest BCUT2D eigenvalue weighted by Gasteiger charge is 2.11. The van der Waals surface area contributed by atoms with Crippen molar-refractivity contribution in [2.45, 2.75) is 6.42 Å². The first-order valence-corrected chi connectivity index (χ1v) is 6.04. The van der Waals surface area contributed by atoms with Crippen molar-refractivity contribution >= 4 is 28.5 Å². The lowest BCUT2D eigenvalue weighted by Crippen LogP contribution is -1.99. The molecule has 0 aliphatic carbocycles. The molecule has 1 aromatic carbocycles. The third kappa shape index (κ3) is 2.49. The number of halogens is 1. The maximum atomic E-state index is 11.6. The number of alkyl halides is 1. The van der Waals surface area contributed by atoms with Crippen LogP contribution < -0.4 is 0 Å². The molecule has 0 saturated carbocycles. The van der Waals surface area contributed by atoms with Crippen LogP contribution >= 0.6 is 11.6 Å². The molecule has 0 amide bonds. The Bertz CT molecular complexity index is 634. The SMILES string of the molecule is COC(=O)c1c[nH]c2ccc(C#CCCCl)cc12. The van der Waals surface area contributed by atoms with Gasteiger partial charge in [-0.15, -0.1) is 11.6 Å². The summed E-state index contributed by atoms with van der Waals surface area (Å²) in [7, 11) is 1.37. The molecule has 0 unspecified atom stereocenters. The monoisotopic (exact) mass is 261 g/mol. The van der Waals surface area contributed by atoms with E-state index in [4.69, 9.17) is 16.3 Å². The molecule has 0 bridgehead atoms. The number of hydrogen-bond acceptors (Lipinski definition) is 2. The summed E-state index contributed by atoms with van der Waals surface area (Å²) in [4.78, 5) is 14.6. The molecule has 0 fully saturated rings. The number of carbonyl (C=O) groups excluding carboxylic acids is 1. The fourth-order valence-electron chi connectivity index (χ4n) is 1.69. The van der Waals surface area contributed by atoms with Gasteiger partial charge in [0.05, 0.1) is 12.7 Å². The highest BCUT2D eigenvalue weighted by atomic mass is 35.5. The third-order valence-electron chi connectivity index (χ3n) is 2.54. The van der Waals surface area contributed by atoms with Gasteiger partial charge in [-0.2, -0.15) is 0 Å². The smallest absolute Gasteiger partial charge is 0.340 e. The number of fused-ring (bicyclic) bond motifs is 1. The Morgan fingerprint density at radius 2 is 2.33 bits per heavy atom. The van der Waals surface area contributed by atoms with Crippen LogP contribution in [0.15, 0.2) is 24.4 Å². The molecule has 0 spiro atoms. The molecule has 1 heterocycles. The summed E-state index contributed by atoms with van der Waals surface area (Å²) in [6.45, 7) is 0. The largest absolute Gasteiger partial charge is 0.465 e. The minimum Gasteiger partial charge on any atom is -0.465 e. The van der Waals surface area contributed by atoms with Crippen LogP contribution in [0, 0.1) is 11.8 Å². The summed E-state index contributed by atoms with van der Waals surface area (Å²) in [5.74, 6) is 6.14. The van der Waals surface area contributed by atoms with Crippen LogP contribution in [0.3, 0.4) is 0 Å². The summed E-state index contributed by atoms with van der Waals surface area (Å²) in [5, 5.41) is 0.819. The second-order valence-corrected chi connectivity index (χ2v) is 4.07. The molecule has 18 heavy (non-hydrogen) atoms. The fraction of sp³-hybridized carbons (Fsp3) is 0.214. The first-order chi connectivity index (χ1) is 8.76. The van der Waals surface area contributed by atoms with E-state index in [2.05, 4.69) is 16.8 Å². The number of carbonyl (C=O) groups is 1. The van der Waals surface area contributed by atoms with E-state index in [0.29, 0.717) is 17.9 Å². The van der Waals surface area contributed by atoms with Gasteiger partial charge < -0.3 is 9.72 Å². The number of ether oxygens (including phenoxy) is 1. The van der Waals surface area contributed by atoms with Gasteiger partial charge in [-0.25, -0.2) is 4.79 Å². The Morgan fingerprint density at radius 3 is 3.06 bits per heavy atom. The number of H-pyrrole nitrogens is 1. The molecule has 1 aromatic heterocycles. The van der Waals surface area contributed by atoms with E-state index in [1.54, 1.807) is 6.20 Å². The number of hydrogen-bond donors (Lipinski definition) is 1. The van der Waals surface area contributed by atoms with Gasteiger partial charge >= 0.3 is 5.97 Å². The molecule has 0 atom stereocenters. The van der Waals surface area contributed by atoms with E-state index in [0.717, 1.165) is 16.5 Å². The minimum absolute atomic E-state index is 0.355. The van der Waals surface area contributed by atoms with E-state index >= 15 is 0 Å². The van der Waals surface area contributed by atoms with Crippen molar-refractivity contribution in [3.63, 3.8) is 0 Å². The highest BCUT2D eigenvalue weighted by Crippen LogP contribution is 2.20. The molecule has 4 heteroatoms. The van der Waals surface area contributed by atoms with Crippen LogP contribution in [-0.2, 0) is 4.74 Å². The number of methoxy groups -OCH3 is 1. The summed E-state index contributed by atoms with van der Waals surface area (Å²) in [6, 6.07) is 5.67. The molecule has 0 saturated heterocycles. The average molecular weight is 262 g/mol. The van der Waals surface area contributed by atoms with Crippen LogP contribution in [0.2, 0.25) is 0 Å². The Balaban J connectivity index is 2.43. The molecular formula is C14H12ClNO2. The van der Waals surface area contributed by atoms with Crippen molar-refractivity contribution in [2.24, 2.45) is 0 Å². The maximum Gasteiger partial charge on any atom is 0.340 e. The van der Waals surface area contributed by atoms with Crippen molar-refractivity contribution in [3.05, 3.63) is 35.5 Å². The lowest BCUT2D eigenvalue weighted by molar-refractivity contribution is 0.0603. The van der Waals surface area contributed by atoms with Crippen molar-refractivity contribution < 1.29 is 9.53 Å². The van der Waals surface area contributed by atoms with Crippen molar-refractivity contribution in [2.75, 3.05) is 13.0 Å². The van der Waals surface area contributed by atoms with Crippen molar-refractivity contribution in [1.29, 1.82) is 0 Å². The van der Waals surface area contributed by atoms with Gasteiger partial charge in [0.1, 0.15) is 0 Å². The number of benzene rings is 1. The maximum absolute atomic E-state index is 11.6. The molecule has 1 N–H and O–H groups in total. The third-order valence-corrected chi connectivity index (χ3v) is 2.73. The van der Waals surface area contributed by atoms with E-state index in [1.165, 1.54) is 7.11 Å². The van der Waals surface area contributed by atoms with E-state index in [1.807, 2.05) is 18.2 Å². The predicted octanol–water partition coefficient (Wildman–Crippen LogP) is 2.93. The molecule has 3 nitrogen and oxygen atoms in total. The van der Waals surface area contributed by atoms with Gasteiger partial charge in [0.2, 0.25) is 0 Å². The predicted molar refractivity (Wildman–Crippen MR) is 71.9 cm³/mol. The lowest BCUT2D eigenvalue weighted by atomic mass is 10.1. The topological polar surface area (TPSA) is 42.1 Å². The summed E-state index contributed by atoms with van der Waals surface area (Å²) < 4.78 is 4.73. The van der Waals surface area contributed by atoms with Crippen LogP contribution in [0.4, 0.5) is 0 Å². The Kier molecular flexibility index (Phi) is 3.91. The summed E-state index contributed by atoms with van der Waals surface area (Å²) in [6.07, 6.45) is 2.29. The summed E-state index contributed by atoms with van der Waals surface area (Å²) in [5.41, 5.74) is 2.27. The number of aromatic amines is 1. The number of nitrogens with one attached hydrogen (secondary N) is 1. The number of aromatic nitrogens is 1. The zero-order chi connectivity index (χ0) is 13.0. The quantitative estimate of drug-likeness (QED) is 0.513. The molecular weight excluding hydrogens is 250 g/mol. The molecule has 0 radical (unpaired) electrons. The number of esters is 1. The van der Waals surface area contributed by atoms with Gasteiger partial charge in [-0.3, -0.25) is 0 Å². The Labute approximate surface area is 110 Å². The van der Waals surface area contributed by atoms with E-state index in [-0.39, 0.29) is 5.97 Å². The van der Waals surface area contributed by atoms with Gasteiger partial charge in [-0.05, 0) is 18.2 Å². The van der Waals surface area contributed by atoms with Gasteiger partial charge in [0.25, 0.3) is 0 Å². The average Bonchev–Trinajstić information content (AvgIpc) is 2.81. The van der Waals surface area contributed by atoms with Crippen LogP contribution in [-0.4, -0.2) is 23.9 Å². The highest BCUT2D eigenvalue weighted by molar-refractivity contribution is 6.18. The fourth-order valence-corrected chi connectivity index (χ4v) is 1.78. The van der Waals surface area contributed by atoms with Crippen LogP contribution in [0.25, 0.3) is 10.9 Å². The summed E-state index contributed by atoms with van der Waals surface area (Å²) >= 11 is 5.56. The first-order valence-electron chi connectivity index (χ1n) is 5.50. The normalized spacial score (nSPS) is 9.89. The molecule has 2 aromatic rings. The molecule has 0 aliphatic rings. The van der Waals surface area contributed by atoms with Gasteiger partial charge in [-0.1, -0.05) is 11.8 Å². The van der Waals surface area contributed by atoms with Gasteiger partial charge in [0, 0.05) is 35.0 Å². The van der Waals surface area contributed by atoms with E-state index in [9.17, 15) is 4.79 Å². The second kappa shape index (κ2) is 5.61. The second-order valence-electron chi connectivity index (χ2n) is 3.70. The molecule has 0 aliphatic heterocycles. The van der Waals surface area contributed by atoms with Crippen LogP contribution in [0.5, 0.6) is 0 Å². The Morgan fingerprint density at radius 1 is 1.50 bits per heavy atom. The zero-order valence-electron chi connectivity index (χ0n) is 9.92. The molecule has 2 rings (SSSR count). The van der Waals surface area contributed by atoms with Crippen molar-refractivity contribution in [1.82, 2.24) is 4.98 Å². The lowest BCUT2D eigenvalue weighted by Gasteiger charge is -1.97. The van der Waals surface area contributed by atoms with Gasteiger partial charge in [0.15, 0.2) is 0 Å². The first kappa shape index (κ1) is 12.5. The van der Waals surface area contributed by atoms with Crippen molar-refractivity contribution in [3.8, 4) is 11.8 Å². The van der Waals surface area contributed by atoms with E-state index < -0.39 is 0 Å². The van der Waals surface area contributed by atoms with Crippen LogP contribution in [0.1, 0.15) is 22.3 Å². The zero-order valence-corrected chi connectivity index (χ0v) is 10.7. The standard InChI is InChI=1S/C14H12ClNO2/c1-18-14(17)12-9-16-13-6-5-10(8-11(12)13)4-2-3-7-15/h5-6,8-9,16H,3,7H2,1H3. The molecule has 92 valence electrons. The minimum atomic E-state index is -0.355. The Hall–Kier alpha value is -1.92. The number of rotatable bonds is 2.